The first-order chi connectivity index (χ1) is 13.8. The van der Waals surface area contributed by atoms with E-state index in [1.165, 1.54) is 23.7 Å². The Labute approximate surface area is 166 Å². The summed E-state index contributed by atoms with van der Waals surface area (Å²) in [6.45, 7) is 1.39. The Morgan fingerprint density at radius 2 is 2.03 bits per heavy atom. The van der Waals surface area contributed by atoms with Crippen LogP contribution in [0.2, 0.25) is 0 Å². The van der Waals surface area contributed by atoms with Gasteiger partial charge in [0.25, 0.3) is 0 Å². The molecule has 3 aromatic rings. The monoisotopic (exact) mass is 417 g/mol. The molecule has 1 unspecified atom stereocenters. The van der Waals surface area contributed by atoms with Crippen LogP contribution in [0.25, 0.3) is 16.9 Å². The molecule has 0 aliphatic heterocycles. The highest BCUT2D eigenvalue weighted by atomic mass is 32.2. The standard InChI is InChI=1S/C18H19N5O5S/c1-10(24)8-20-29(27,28)12-4-2-11(3-5-12)23-17-13(16(22-23)18(25)26)6-7-15-14(17)9-19-21-15/h2-5,9-10,20,24H,6-8H2,1H3,(H,19,21)(H,25,26). The lowest BCUT2D eigenvalue weighted by molar-refractivity contribution is 0.0688. The Balaban J connectivity index is 1.76. The molecule has 0 bridgehead atoms. The minimum Gasteiger partial charge on any atom is -0.476 e. The van der Waals surface area contributed by atoms with Crippen LogP contribution in [0.1, 0.15) is 28.7 Å². The zero-order chi connectivity index (χ0) is 20.8. The Hall–Kier alpha value is -3.02. The molecule has 4 N–H and O–H groups in total. The number of sulfonamides is 1. The van der Waals surface area contributed by atoms with Gasteiger partial charge in [0.2, 0.25) is 10.0 Å². The molecular formula is C18H19N5O5S. The molecule has 0 saturated carbocycles. The van der Waals surface area contributed by atoms with Gasteiger partial charge in [-0.1, -0.05) is 0 Å². The molecule has 29 heavy (non-hydrogen) atoms. The van der Waals surface area contributed by atoms with E-state index in [1.54, 1.807) is 18.3 Å². The minimum absolute atomic E-state index is 0.0258. The number of nitrogens with zero attached hydrogens (tertiary/aromatic N) is 3. The zero-order valence-electron chi connectivity index (χ0n) is 15.5. The van der Waals surface area contributed by atoms with E-state index in [2.05, 4.69) is 20.0 Å². The van der Waals surface area contributed by atoms with Crippen molar-refractivity contribution < 1.29 is 23.4 Å². The quantitative estimate of drug-likeness (QED) is 0.461. The minimum atomic E-state index is -3.77. The highest BCUT2D eigenvalue weighted by molar-refractivity contribution is 7.89. The van der Waals surface area contributed by atoms with Crippen LogP contribution in [0.4, 0.5) is 0 Å². The van der Waals surface area contributed by atoms with Gasteiger partial charge >= 0.3 is 5.97 Å². The van der Waals surface area contributed by atoms with Gasteiger partial charge in [0.1, 0.15) is 0 Å². The summed E-state index contributed by atoms with van der Waals surface area (Å²) in [6.07, 6.45) is 1.98. The zero-order valence-corrected chi connectivity index (χ0v) is 16.3. The van der Waals surface area contributed by atoms with E-state index in [0.717, 1.165) is 11.3 Å². The van der Waals surface area contributed by atoms with Gasteiger partial charge in [0.15, 0.2) is 5.69 Å². The summed E-state index contributed by atoms with van der Waals surface area (Å²) >= 11 is 0. The molecule has 152 valence electrons. The molecule has 0 spiro atoms. The lowest BCUT2D eigenvalue weighted by Crippen LogP contribution is -2.30. The maximum atomic E-state index is 12.3. The van der Waals surface area contributed by atoms with E-state index >= 15 is 0 Å². The first-order valence-corrected chi connectivity index (χ1v) is 10.4. The molecule has 2 aromatic heterocycles. The van der Waals surface area contributed by atoms with Gasteiger partial charge in [-0.05, 0) is 44.0 Å². The fourth-order valence-electron chi connectivity index (χ4n) is 3.36. The number of aromatic carboxylic acids is 1. The van der Waals surface area contributed by atoms with Gasteiger partial charge < -0.3 is 10.2 Å². The van der Waals surface area contributed by atoms with E-state index in [4.69, 9.17) is 0 Å². The number of H-pyrrole nitrogens is 1. The van der Waals surface area contributed by atoms with Crippen molar-refractivity contribution in [3.05, 3.63) is 47.4 Å². The average Bonchev–Trinajstić information content (AvgIpc) is 3.30. The van der Waals surface area contributed by atoms with Crippen LogP contribution in [0.3, 0.4) is 0 Å². The van der Waals surface area contributed by atoms with Gasteiger partial charge in [-0.25, -0.2) is 22.6 Å². The second-order valence-electron chi connectivity index (χ2n) is 6.85. The lowest BCUT2D eigenvalue weighted by atomic mass is 9.94. The van der Waals surface area contributed by atoms with Crippen molar-refractivity contribution in [3.63, 3.8) is 0 Å². The van der Waals surface area contributed by atoms with E-state index in [9.17, 15) is 23.4 Å². The number of aryl methyl sites for hydroxylation is 1. The van der Waals surface area contributed by atoms with Crippen LogP contribution in [-0.2, 0) is 22.9 Å². The number of hydrogen-bond acceptors (Lipinski definition) is 6. The van der Waals surface area contributed by atoms with Crippen LogP contribution >= 0.6 is 0 Å². The molecule has 1 aliphatic carbocycles. The van der Waals surface area contributed by atoms with Crippen LogP contribution in [0.15, 0.2) is 35.4 Å². The number of rotatable bonds is 6. The van der Waals surface area contributed by atoms with E-state index in [-0.39, 0.29) is 17.1 Å². The highest BCUT2D eigenvalue weighted by Gasteiger charge is 2.30. The number of carboxylic acids is 1. The second kappa shape index (κ2) is 7.10. The lowest BCUT2D eigenvalue weighted by Gasteiger charge is -2.15. The number of carbonyl (C=O) groups is 1. The first kappa shape index (κ1) is 19.3. The number of aromatic amines is 1. The van der Waals surface area contributed by atoms with Gasteiger partial charge in [-0.15, -0.1) is 0 Å². The van der Waals surface area contributed by atoms with Gasteiger partial charge in [0.05, 0.1) is 28.6 Å². The number of benzene rings is 1. The van der Waals surface area contributed by atoms with Crippen molar-refractivity contribution in [3.8, 4) is 16.9 Å². The Morgan fingerprint density at radius 1 is 1.31 bits per heavy atom. The Morgan fingerprint density at radius 3 is 2.69 bits per heavy atom. The molecule has 0 amide bonds. The fraction of sp³-hybridized carbons (Fsp3) is 0.278. The van der Waals surface area contributed by atoms with Crippen LogP contribution in [0, 0.1) is 0 Å². The molecule has 2 heterocycles. The highest BCUT2D eigenvalue weighted by Crippen LogP contribution is 2.36. The molecule has 10 nitrogen and oxygen atoms in total. The predicted octanol–water partition coefficient (Wildman–Crippen LogP) is 0.718. The number of carboxylic acid groups (broad SMARTS) is 1. The van der Waals surface area contributed by atoms with Gasteiger partial charge in [-0.3, -0.25) is 5.10 Å². The van der Waals surface area contributed by atoms with Crippen LogP contribution in [0.5, 0.6) is 0 Å². The normalized spacial score (nSPS) is 14.3. The molecule has 0 radical (unpaired) electrons. The van der Waals surface area contributed by atoms with Crippen LogP contribution < -0.4 is 4.72 Å². The smallest absolute Gasteiger partial charge is 0.356 e. The molecule has 0 saturated heterocycles. The van der Waals surface area contributed by atoms with E-state index < -0.39 is 22.1 Å². The molecular weight excluding hydrogens is 398 g/mol. The topological polar surface area (TPSA) is 150 Å². The number of aliphatic hydroxyl groups excluding tert-OH is 1. The summed E-state index contributed by atoms with van der Waals surface area (Å²) in [5, 5.41) is 30.1. The van der Waals surface area contributed by atoms with Crippen molar-refractivity contribution in [1.82, 2.24) is 24.7 Å². The maximum absolute atomic E-state index is 12.3. The number of aromatic nitrogens is 4. The summed E-state index contributed by atoms with van der Waals surface area (Å²) in [5.74, 6) is -1.12. The molecule has 11 heteroatoms. The van der Waals surface area contributed by atoms with Gasteiger partial charge in [0, 0.05) is 23.4 Å². The third-order valence-electron chi connectivity index (χ3n) is 4.74. The maximum Gasteiger partial charge on any atom is 0.356 e. The third-order valence-corrected chi connectivity index (χ3v) is 6.18. The molecule has 1 aromatic carbocycles. The van der Waals surface area contributed by atoms with Crippen molar-refractivity contribution in [2.24, 2.45) is 0 Å². The summed E-state index contributed by atoms with van der Waals surface area (Å²) in [7, 11) is -3.77. The van der Waals surface area contributed by atoms with E-state index in [1.807, 2.05) is 0 Å². The number of aliphatic hydroxyl groups is 1. The Kier molecular flexibility index (Phi) is 4.73. The predicted molar refractivity (Wildman–Crippen MR) is 102 cm³/mol. The van der Waals surface area contributed by atoms with Gasteiger partial charge in [-0.2, -0.15) is 10.2 Å². The first-order valence-electron chi connectivity index (χ1n) is 8.94. The molecule has 0 fully saturated rings. The third kappa shape index (κ3) is 3.43. The summed E-state index contributed by atoms with van der Waals surface area (Å²) in [5.41, 5.74) is 3.44. The largest absolute Gasteiger partial charge is 0.476 e. The van der Waals surface area contributed by atoms with Crippen molar-refractivity contribution >= 4 is 16.0 Å². The summed E-state index contributed by atoms with van der Waals surface area (Å²) in [4.78, 5) is 11.7. The fourth-order valence-corrected chi connectivity index (χ4v) is 4.48. The number of hydrogen-bond donors (Lipinski definition) is 4. The number of nitrogens with one attached hydrogen (secondary N) is 2. The van der Waals surface area contributed by atoms with E-state index in [0.29, 0.717) is 29.8 Å². The van der Waals surface area contributed by atoms with Crippen LogP contribution in [-0.4, -0.2) is 57.2 Å². The molecule has 1 aliphatic rings. The second-order valence-corrected chi connectivity index (χ2v) is 8.62. The molecule has 4 rings (SSSR count). The average molecular weight is 417 g/mol. The molecule has 1 atom stereocenters. The van der Waals surface area contributed by atoms with Crippen molar-refractivity contribution in [2.45, 2.75) is 30.8 Å². The Bertz CT molecular complexity index is 1180. The summed E-state index contributed by atoms with van der Waals surface area (Å²) in [6, 6.07) is 5.94. The number of fused-ring (bicyclic) bond motifs is 3. The SMILES string of the molecule is CC(O)CNS(=O)(=O)c1ccc(-n2nc(C(=O)O)c3c2-c2cn[nH]c2CC3)cc1. The summed E-state index contributed by atoms with van der Waals surface area (Å²) < 4.78 is 28.4. The van der Waals surface area contributed by atoms with Crippen molar-refractivity contribution in [1.29, 1.82) is 0 Å². The van der Waals surface area contributed by atoms with Crippen molar-refractivity contribution in [2.75, 3.05) is 6.54 Å².